The van der Waals surface area contributed by atoms with Crippen LogP contribution in [0.2, 0.25) is 0 Å². The van der Waals surface area contributed by atoms with Gasteiger partial charge in [-0.2, -0.15) is 0 Å². The highest BCUT2D eigenvalue weighted by Gasteiger charge is 2.25. The highest BCUT2D eigenvalue weighted by molar-refractivity contribution is 7.22. The van der Waals surface area contributed by atoms with Crippen LogP contribution in [0.4, 0.5) is 19.7 Å². The number of fused-ring (bicyclic) bond motifs is 1. The first-order chi connectivity index (χ1) is 17.4. The predicted octanol–water partition coefficient (Wildman–Crippen LogP) is 5.00. The third-order valence-corrected chi connectivity index (χ3v) is 7.04. The maximum Gasteiger partial charge on any atom is 0.224 e. The average molecular weight is 511 g/mol. The molecule has 1 fully saturated rings. The van der Waals surface area contributed by atoms with Gasteiger partial charge in [-0.1, -0.05) is 23.5 Å². The lowest BCUT2D eigenvalue weighted by Crippen LogP contribution is -2.47. The van der Waals surface area contributed by atoms with Crippen LogP contribution in [0, 0.1) is 11.6 Å². The summed E-state index contributed by atoms with van der Waals surface area (Å²) in [6.45, 7) is 6.13. The zero-order chi connectivity index (χ0) is 25.2. The van der Waals surface area contributed by atoms with E-state index in [9.17, 15) is 13.6 Å². The summed E-state index contributed by atoms with van der Waals surface area (Å²) in [5, 5.41) is 3.21. The van der Waals surface area contributed by atoms with Gasteiger partial charge in [-0.3, -0.25) is 9.69 Å². The van der Waals surface area contributed by atoms with Gasteiger partial charge in [0.25, 0.3) is 0 Å². The second-order valence-electron chi connectivity index (χ2n) is 8.48. The molecule has 1 unspecified atom stereocenters. The number of aromatic nitrogens is 3. The van der Waals surface area contributed by atoms with Gasteiger partial charge in [0.05, 0.1) is 4.70 Å². The van der Waals surface area contributed by atoms with E-state index in [1.807, 2.05) is 19.1 Å². The number of para-hydroxylation sites is 1. The Kier molecular flexibility index (Phi) is 6.75. The SMILES string of the molecule is CC(=O)Nc1nc2c(Oc3cc(N4CCN(C(C)c5ccc(F)cc5F)CC4)ncn3)cccc2s1. The average Bonchev–Trinajstić information content (AvgIpc) is 3.27. The van der Waals surface area contributed by atoms with E-state index in [1.54, 1.807) is 12.1 Å². The lowest BCUT2D eigenvalue weighted by Gasteiger charge is -2.38. The number of amides is 1. The minimum Gasteiger partial charge on any atom is -0.437 e. The number of ether oxygens (including phenoxy) is 1. The Hall–Kier alpha value is -3.70. The molecule has 186 valence electrons. The van der Waals surface area contributed by atoms with Gasteiger partial charge < -0.3 is 15.0 Å². The molecule has 1 saturated heterocycles. The van der Waals surface area contributed by atoms with Crippen LogP contribution in [0.15, 0.2) is 48.8 Å². The second kappa shape index (κ2) is 10.1. The lowest BCUT2D eigenvalue weighted by molar-refractivity contribution is -0.114. The molecule has 36 heavy (non-hydrogen) atoms. The Morgan fingerprint density at radius 3 is 2.67 bits per heavy atom. The summed E-state index contributed by atoms with van der Waals surface area (Å²) in [6, 6.07) is 10.9. The molecule has 2 aromatic heterocycles. The summed E-state index contributed by atoms with van der Waals surface area (Å²) in [5.41, 5.74) is 1.13. The van der Waals surface area contributed by atoms with Crippen molar-refractivity contribution >= 4 is 38.4 Å². The molecule has 1 amide bonds. The van der Waals surface area contributed by atoms with Crippen LogP contribution in [0.3, 0.4) is 0 Å². The van der Waals surface area contributed by atoms with Crippen molar-refractivity contribution in [2.75, 3.05) is 36.4 Å². The Labute approximate surface area is 210 Å². The monoisotopic (exact) mass is 510 g/mol. The Balaban J connectivity index is 1.27. The molecule has 0 saturated carbocycles. The van der Waals surface area contributed by atoms with Crippen molar-refractivity contribution < 1.29 is 18.3 Å². The number of thiazole rings is 1. The summed E-state index contributed by atoms with van der Waals surface area (Å²) in [5.74, 6) is 0.353. The zero-order valence-corrected chi connectivity index (χ0v) is 20.6. The van der Waals surface area contributed by atoms with E-state index >= 15 is 0 Å². The van der Waals surface area contributed by atoms with Crippen molar-refractivity contribution in [3.05, 3.63) is 66.0 Å². The van der Waals surface area contributed by atoms with E-state index in [-0.39, 0.29) is 11.9 Å². The standard InChI is InChI=1S/C25H24F2N6O2S/c1-15(18-7-6-17(26)12-19(18)27)32-8-10-33(11-9-32)22-13-23(29-14-28-22)35-20-4-3-5-21-24(20)31-25(36-21)30-16(2)34/h3-7,12-15H,8-11H2,1-2H3,(H,30,31,34). The van der Waals surface area contributed by atoms with E-state index in [1.165, 1.54) is 36.7 Å². The number of hydrogen-bond donors (Lipinski definition) is 1. The molecule has 11 heteroatoms. The number of rotatable bonds is 6. The Morgan fingerprint density at radius 2 is 1.92 bits per heavy atom. The predicted molar refractivity (Wildman–Crippen MR) is 135 cm³/mol. The van der Waals surface area contributed by atoms with E-state index in [0.717, 1.165) is 16.6 Å². The van der Waals surface area contributed by atoms with E-state index in [4.69, 9.17) is 4.74 Å². The fraction of sp³-hybridized carbons (Fsp3) is 0.280. The van der Waals surface area contributed by atoms with Crippen molar-refractivity contribution in [1.82, 2.24) is 19.9 Å². The van der Waals surface area contributed by atoms with Gasteiger partial charge in [-0.05, 0) is 25.1 Å². The molecule has 0 bridgehead atoms. The van der Waals surface area contributed by atoms with Crippen LogP contribution >= 0.6 is 11.3 Å². The molecule has 4 aromatic rings. The quantitative estimate of drug-likeness (QED) is 0.391. The molecular formula is C25H24F2N6O2S. The third-order valence-electron chi connectivity index (χ3n) is 6.11. The fourth-order valence-electron chi connectivity index (χ4n) is 4.26. The van der Waals surface area contributed by atoms with Gasteiger partial charge >= 0.3 is 0 Å². The Morgan fingerprint density at radius 1 is 1.11 bits per heavy atom. The first-order valence-electron chi connectivity index (χ1n) is 11.5. The van der Waals surface area contributed by atoms with Crippen LogP contribution in [0.25, 0.3) is 10.2 Å². The van der Waals surface area contributed by atoms with Gasteiger partial charge in [-0.15, -0.1) is 0 Å². The van der Waals surface area contributed by atoms with Crippen LogP contribution in [0.5, 0.6) is 11.6 Å². The number of halogens is 2. The smallest absolute Gasteiger partial charge is 0.224 e. The van der Waals surface area contributed by atoms with Crippen molar-refractivity contribution in [2.45, 2.75) is 19.9 Å². The van der Waals surface area contributed by atoms with E-state index < -0.39 is 11.6 Å². The van der Waals surface area contributed by atoms with Gasteiger partial charge in [0.2, 0.25) is 11.8 Å². The topological polar surface area (TPSA) is 83.5 Å². The highest BCUT2D eigenvalue weighted by Crippen LogP contribution is 2.35. The van der Waals surface area contributed by atoms with Gasteiger partial charge in [0, 0.05) is 56.8 Å². The molecule has 3 heterocycles. The summed E-state index contributed by atoms with van der Waals surface area (Å²) in [6.07, 6.45) is 1.46. The normalized spacial score (nSPS) is 15.2. The first kappa shape index (κ1) is 24.0. The number of carbonyl (C=O) groups excluding carboxylic acids is 1. The molecule has 0 aliphatic carbocycles. The molecule has 0 radical (unpaired) electrons. The van der Waals surface area contributed by atoms with E-state index in [0.29, 0.717) is 54.0 Å². The second-order valence-corrected chi connectivity index (χ2v) is 9.52. The molecule has 1 aliphatic rings. The summed E-state index contributed by atoms with van der Waals surface area (Å²) < 4.78 is 34.5. The van der Waals surface area contributed by atoms with Gasteiger partial charge in [0.15, 0.2) is 10.9 Å². The maximum absolute atomic E-state index is 14.2. The number of nitrogens with zero attached hydrogens (tertiary/aromatic N) is 5. The zero-order valence-electron chi connectivity index (χ0n) is 19.7. The molecule has 1 aliphatic heterocycles. The van der Waals surface area contributed by atoms with Crippen molar-refractivity contribution in [2.24, 2.45) is 0 Å². The fourth-order valence-corrected chi connectivity index (χ4v) is 5.19. The minimum absolute atomic E-state index is 0.168. The van der Waals surface area contributed by atoms with E-state index in [2.05, 4.69) is 30.1 Å². The highest BCUT2D eigenvalue weighted by atomic mass is 32.1. The molecule has 8 nitrogen and oxygen atoms in total. The molecule has 1 N–H and O–H groups in total. The first-order valence-corrected chi connectivity index (χ1v) is 12.3. The summed E-state index contributed by atoms with van der Waals surface area (Å²) >= 11 is 1.37. The summed E-state index contributed by atoms with van der Waals surface area (Å²) in [4.78, 5) is 28.8. The van der Waals surface area contributed by atoms with Gasteiger partial charge in [0.1, 0.15) is 29.3 Å². The van der Waals surface area contributed by atoms with Crippen LogP contribution in [0.1, 0.15) is 25.5 Å². The minimum atomic E-state index is -0.575. The molecule has 5 rings (SSSR count). The maximum atomic E-state index is 14.2. The number of carbonyl (C=O) groups is 1. The number of hydrogen-bond acceptors (Lipinski definition) is 8. The number of benzene rings is 2. The van der Waals surface area contributed by atoms with Crippen LogP contribution in [-0.4, -0.2) is 51.9 Å². The van der Waals surface area contributed by atoms with Crippen LogP contribution < -0.4 is 15.0 Å². The lowest BCUT2D eigenvalue weighted by atomic mass is 10.1. The van der Waals surface area contributed by atoms with Crippen molar-refractivity contribution in [1.29, 1.82) is 0 Å². The van der Waals surface area contributed by atoms with Crippen molar-refractivity contribution in [3.63, 3.8) is 0 Å². The Bertz CT molecular complexity index is 1410. The number of nitrogens with one attached hydrogen (secondary N) is 1. The molecular weight excluding hydrogens is 486 g/mol. The van der Waals surface area contributed by atoms with Gasteiger partial charge in [-0.25, -0.2) is 23.7 Å². The summed E-state index contributed by atoms with van der Waals surface area (Å²) in [7, 11) is 0. The molecule has 2 aromatic carbocycles. The number of piperazine rings is 1. The number of anilines is 2. The van der Waals surface area contributed by atoms with Crippen molar-refractivity contribution in [3.8, 4) is 11.6 Å². The third kappa shape index (κ3) is 5.12. The van der Waals surface area contributed by atoms with Crippen LogP contribution in [-0.2, 0) is 4.79 Å². The molecule has 1 atom stereocenters. The molecule has 0 spiro atoms. The largest absolute Gasteiger partial charge is 0.437 e.